The van der Waals surface area contributed by atoms with Crippen LogP contribution >= 0.6 is 23.2 Å². The van der Waals surface area contributed by atoms with Crippen LogP contribution in [0.2, 0.25) is 10.0 Å². The van der Waals surface area contributed by atoms with E-state index in [2.05, 4.69) is 5.32 Å². The van der Waals surface area contributed by atoms with Gasteiger partial charge in [-0.3, -0.25) is 14.9 Å². The first-order valence-electron chi connectivity index (χ1n) is 5.59. The summed E-state index contributed by atoms with van der Waals surface area (Å²) in [5, 5.41) is 12.6. The Labute approximate surface area is 128 Å². The van der Waals surface area contributed by atoms with Gasteiger partial charge in [-0.25, -0.2) is 4.39 Å². The van der Waals surface area contributed by atoms with E-state index < -0.39 is 16.6 Å². The highest BCUT2D eigenvalue weighted by Crippen LogP contribution is 2.25. The molecular formula is C13H7Cl2FN2O3. The van der Waals surface area contributed by atoms with Crippen molar-refractivity contribution >= 4 is 40.5 Å². The average Bonchev–Trinajstić information content (AvgIpc) is 2.43. The summed E-state index contributed by atoms with van der Waals surface area (Å²) in [4.78, 5) is 22.0. The Kier molecular flexibility index (Phi) is 4.40. The lowest BCUT2D eigenvalue weighted by Gasteiger charge is -2.08. The zero-order chi connectivity index (χ0) is 15.6. The lowest BCUT2D eigenvalue weighted by atomic mass is 10.2. The molecular weight excluding hydrogens is 322 g/mol. The number of benzene rings is 2. The number of nitrogens with one attached hydrogen (secondary N) is 1. The third kappa shape index (κ3) is 3.29. The van der Waals surface area contributed by atoms with Gasteiger partial charge in [0.25, 0.3) is 11.6 Å². The van der Waals surface area contributed by atoms with Gasteiger partial charge in [0.1, 0.15) is 0 Å². The van der Waals surface area contributed by atoms with Crippen molar-refractivity contribution in [1.82, 2.24) is 0 Å². The second kappa shape index (κ2) is 6.07. The van der Waals surface area contributed by atoms with Crippen LogP contribution in [0.25, 0.3) is 0 Å². The fraction of sp³-hybridized carbons (Fsp3) is 0. The molecule has 0 radical (unpaired) electrons. The Balaban J connectivity index is 2.29. The molecule has 2 rings (SSSR count). The molecule has 0 bridgehead atoms. The summed E-state index contributed by atoms with van der Waals surface area (Å²) in [6.45, 7) is 0. The van der Waals surface area contributed by atoms with Crippen molar-refractivity contribution in [3.63, 3.8) is 0 Å². The van der Waals surface area contributed by atoms with Gasteiger partial charge >= 0.3 is 0 Å². The van der Waals surface area contributed by atoms with Gasteiger partial charge in [0.2, 0.25) is 0 Å². The van der Waals surface area contributed by atoms with Crippen molar-refractivity contribution in [1.29, 1.82) is 0 Å². The summed E-state index contributed by atoms with van der Waals surface area (Å²) in [6.07, 6.45) is 0. The minimum Gasteiger partial charge on any atom is -0.319 e. The molecule has 0 aromatic heterocycles. The van der Waals surface area contributed by atoms with Gasteiger partial charge in [0.05, 0.1) is 26.2 Å². The minimum absolute atomic E-state index is 0.0124. The maximum atomic E-state index is 13.7. The molecule has 0 heterocycles. The Bertz CT molecular complexity index is 737. The van der Waals surface area contributed by atoms with Gasteiger partial charge in [0.15, 0.2) is 5.82 Å². The predicted molar refractivity (Wildman–Crippen MR) is 77.5 cm³/mol. The van der Waals surface area contributed by atoms with Crippen LogP contribution < -0.4 is 5.32 Å². The number of nitro groups is 1. The number of halogens is 3. The first-order valence-corrected chi connectivity index (χ1v) is 6.35. The number of nitro benzene ring substituents is 1. The normalized spacial score (nSPS) is 10.2. The molecule has 1 N–H and O–H groups in total. The summed E-state index contributed by atoms with van der Waals surface area (Å²) in [6, 6.07) is 7.51. The molecule has 0 atom stereocenters. The Morgan fingerprint density at radius 2 is 1.90 bits per heavy atom. The molecule has 0 spiro atoms. The van der Waals surface area contributed by atoms with Crippen LogP contribution in [0, 0.1) is 15.9 Å². The topological polar surface area (TPSA) is 72.2 Å². The van der Waals surface area contributed by atoms with Crippen molar-refractivity contribution in [2.24, 2.45) is 0 Å². The van der Waals surface area contributed by atoms with Crippen molar-refractivity contribution < 1.29 is 14.1 Å². The van der Waals surface area contributed by atoms with Gasteiger partial charge in [-0.05, 0) is 18.2 Å². The van der Waals surface area contributed by atoms with E-state index in [0.717, 1.165) is 12.1 Å². The largest absolute Gasteiger partial charge is 0.319 e. The second-order valence-electron chi connectivity index (χ2n) is 3.98. The van der Waals surface area contributed by atoms with Gasteiger partial charge in [-0.15, -0.1) is 0 Å². The molecule has 0 aliphatic rings. The molecule has 0 saturated carbocycles. The van der Waals surface area contributed by atoms with E-state index in [-0.39, 0.29) is 27.0 Å². The number of rotatable bonds is 3. The standard InChI is InChI=1S/C13H7Cl2FN2O3/c14-9-2-1-3-11(12(9)16)17-13(19)8-5-4-7(18(20)21)6-10(8)15/h1-6H,(H,17,19). The maximum Gasteiger partial charge on any atom is 0.270 e. The monoisotopic (exact) mass is 328 g/mol. The van der Waals surface area contributed by atoms with E-state index in [4.69, 9.17) is 23.2 Å². The quantitative estimate of drug-likeness (QED) is 0.674. The fourth-order valence-corrected chi connectivity index (χ4v) is 2.03. The number of non-ortho nitro benzene ring substituents is 1. The molecule has 0 saturated heterocycles. The van der Waals surface area contributed by atoms with E-state index in [0.29, 0.717) is 0 Å². The van der Waals surface area contributed by atoms with E-state index >= 15 is 0 Å². The number of hydrogen-bond donors (Lipinski definition) is 1. The van der Waals surface area contributed by atoms with E-state index in [1.54, 1.807) is 0 Å². The molecule has 108 valence electrons. The molecule has 21 heavy (non-hydrogen) atoms. The maximum absolute atomic E-state index is 13.7. The minimum atomic E-state index is -0.773. The number of carbonyl (C=O) groups excluding carboxylic acids is 1. The lowest BCUT2D eigenvalue weighted by Crippen LogP contribution is -2.13. The Morgan fingerprint density at radius 1 is 1.19 bits per heavy atom. The van der Waals surface area contributed by atoms with Crippen molar-refractivity contribution in [2.45, 2.75) is 0 Å². The number of anilines is 1. The van der Waals surface area contributed by atoms with Crippen molar-refractivity contribution in [3.8, 4) is 0 Å². The summed E-state index contributed by atoms with van der Waals surface area (Å²) in [7, 11) is 0. The fourth-order valence-electron chi connectivity index (χ4n) is 1.59. The zero-order valence-electron chi connectivity index (χ0n) is 10.3. The number of carbonyl (C=O) groups is 1. The summed E-state index contributed by atoms with van der Waals surface area (Å²) >= 11 is 11.4. The highest BCUT2D eigenvalue weighted by Gasteiger charge is 2.16. The van der Waals surface area contributed by atoms with Crippen LogP contribution in [0.15, 0.2) is 36.4 Å². The molecule has 0 fully saturated rings. The zero-order valence-corrected chi connectivity index (χ0v) is 11.8. The third-order valence-electron chi connectivity index (χ3n) is 2.61. The first-order chi connectivity index (χ1) is 9.90. The van der Waals surface area contributed by atoms with Crippen LogP contribution in [0.4, 0.5) is 15.8 Å². The van der Waals surface area contributed by atoms with Gasteiger partial charge in [-0.1, -0.05) is 29.3 Å². The molecule has 2 aromatic rings. The van der Waals surface area contributed by atoms with E-state index in [1.807, 2.05) is 0 Å². The Morgan fingerprint density at radius 3 is 2.52 bits per heavy atom. The molecule has 5 nitrogen and oxygen atoms in total. The highest BCUT2D eigenvalue weighted by molar-refractivity contribution is 6.34. The molecule has 0 aliphatic carbocycles. The average molecular weight is 329 g/mol. The molecule has 1 amide bonds. The number of hydrogen-bond acceptors (Lipinski definition) is 3. The van der Waals surface area contributed by atoms with Crippen LogP contribution in [0.5, 0.6) is 0 Å². The SMILES string of the molecule is O=C(Nc1cccc(Cl)c1F)c1ccc([N+](=O)[O-])cc1Cl. The lowest BCUT2D eigenvalue weighted by molar-refractivity contribution is -0.384. The van der Waals surface area contributed by atoms with E-state index in [1.165, 1.54) is 24.3 Å². The summed E-state index contributed by atoms with van der Waals surface area (Å²) < 4.78 is 13.7. The van der Waals surface area contributed by atoms with E-state index in [9.17, 15) is 19.3 Å². The van der Waals surface area contributed by atoms with Crippen LogP contribution in [-0.4, -0.2) is 10.8 Å². The highest BCUT2D eigenvalue weighted by atomic mass is 35.5. The van der Waals surface area contributed by atoms with Gasteiger partial charge in [0, 0.05) is 12.1 Å². The summed E-state index contributed by atoms with van der Waals surface area (Å²) in [5.41, 5.74) is -0.367. The third-order valence-corrected chi connectivity index (χ3v) is 3.21. The smallest absolute Gasteiger partial charge is 0.270 e. The molecule has 0 unspecified atom stereocenters. The van der Waals surface area contributed by atoms with Crippen molar-refractivity contribution in [2.75, 3.05) is 5.32 Å². The van der Waals surface area contributed by atoms with Crippen molar-refractivity contribution in [3.05, 3.63) is 67.9 Å². The predicted octanol–water partition coefficient (Wildman–Crippen LogP) is 4.29. The molecule has 0 aliphatic heterocycles. The van der Waals surface area contributed by atoms with Crippen LogP contribution in [0.1, 0.15) is 10.4 Å². The first kappa shape index (κ1) is 15.2. The van der Waals surface area contributed by atoms with Crippen LogP contribution in [0.3, 0.4) is 0 Å². The molecule has 2 aromatic carbocycles. The number of nitrogens with zero attached hydrogens (tertiary/aromatic N) is 1. The Hall–Kier alpha value is -2.18. The number of amides is 1. The second-order valence-corrected chi connectivity index (χ2v) is 4.79. The molecule has 8 heteroatoms. The van der Waals surface area contributed by atoms with Gasteiger partial charge in [-0.2, -0.15) is 0 Å². The van der Waals surface area contributed by atoms with Gasteiger partial charge < -0.3 is 5.32 Å². The summed E-state index contributed by atoms with van der Waals surface area (Å²) in [5.74, 6) is -1.47. The van der Waals surface area contributed by atoms with Crippen LogP contribution in [-0.2, 0) is 0 Å².